The number of Topliss-reactive ketones (excluding diaryl/α,β-unsaturated/α-hetero) is 1. The summed E-state index contributed by atoms with van der Waals surface area (Å²) in [4.78, 5) is 47.4. The van der Waals surface area contributed by atoms with E-state index in [1.54, 1.807) is 32.0 Å². The molecule has 0 aliphatic carbocycles. The van der Waals surface area contributed by atoms with Gasteiger partial charge in [0.15, 0.2) is 17.6 Å². The summed E-state index contributed by atoms with van der Waals surface area (Å²) in [7, 11) is -3.32. The zero-order valence-corrected chi connectivity index (χ0v) is 37.3. The van der Waals surface area contributed by atoms with E-state index < -0.39 is 33.7 Å². The Kier molecular flexibility index (Phi) is 16.5. The largest absolute Gasteiger partial charge is 0.480 e. The van der Waals surface area contributed by atoms with Crippen LogP contribution >= 0.6 is 11.6 Å². The van der Waals surface area contributed by atoms with Gasteiger partial charge in [-0.3, -0.25) is 14.4 Å². The van der Waals surface area contributed by atoms with Crippen LogP contribution in [0.4, 0.5) is 22.7 Å². The maximum absolute atomic E-state index is 13.8. The molecule has 3 N–H and O–H groups in total. The van der Waals surface area contributed by atoms with Crippen molar-refractivity contribution in [1.82, 2.24) is 4.72 Å². The Labute approximate surface area is 345 Å². The monoisotopic (exact) mass is 823 g/mol. The van der Waals surface area contributed by atoms with Crippen molar-refractivity contribution in [1.29, 1.82) is 0 Å². The summed E-state index contributed by atoms with van der Waals surface area (Å²) in [5.74, 6) is -1.43. The molecule has 1 atom stereocenters. The van der Waals surface area contributed by atoms with Gasteiger partial charge in [0.1, 0.15) is 5.75 Å². The number of carbonyl (C=O) groups excluding carboxylic acids is 3. The van der Waals surface area contributed by atoms with Gasteiger partial charge in [-0.2, -0.15) is 0 Å². The molecule has 2 amide bonds. The first-order valence-corrected chi connectivity index (χ1v) is 21.9. The van der Waals surface area contributed by atoms with E-state index in [0.29, 0.717) is 42.2 Å². The number of likely N-dealkylation sites (N-methyl/N-ethyl adjacent to an activating group) is 1. The van der Waals surface area contributed by atoms with Crippen molar-refractivity contribution >= 4 is 67.7 Å². The lowest BCUT2D eigenvalue weighted by Crippen LogP contribution is -2.34. The normalized spacial score (nSPS) is 13.0. The molecule has 1 unspecified atom stereocenters. The maximum atomic E-state index is 13.8. The first-order valence-electron chi connectivity index (χ1n) is 19.6. The molecule has 0 aliphatic rings. The second-order valence-electron chi connectivity index (χ2n) is 16.6. The lowest BCUT2D eigenvalue weighted by Gasteiger charge is -2.28. The molecule has 57 heavy (non-hydrogen) atoms. The Bertz CT molecular complexity index is 2060. The Morgan fingerprint density at radius 1 is 0.930 bits per heavy atom. The number of hydrogen-bond acceptors (Lipinski definition) is 8. The molecule has 3 aromatic carbocycles. The minimum Gasteiger partial charge on any atom is -0.480 e. The van der Waals surface area contributed by atoms with Crippen molar-refractivity contribution < 1.29 is 27.5 Å². The predicted octanol–water partition coefficient (Wildman–Crippen LogP) is 9.03. The molecule has 3 rings (SSSR count). The average molecular weight is 825 g/mol. The maximum Gasteiger partial charge on any atom is 0.278 e. The number of sulfonamides is 1. The van der Waals surface area contributed by atoms with Gasteiger partial charge >= 0.3 is 0 Å². The quantitative estimate of drug-likeness (QED) is 0.0808. The minimum atomic E-state index is -3.32. The van der Waals surface area contributed by atoms with Crippen LogP contribution in [0.5, 0.6) is 5.75 Å². The summed E-state index contributed by atoms with van der Waals surface area (Å²) in [6.07, 6.45) is 2.48. The average Bonchev–Trinajstić information content (AvgIpc) is 3.12. The fourth-order valence-electron chi connectivity index (χ4n) is 6.02. The summed E-state index contributed by atoms with van der Waals surface area (Å²) in [6.45, 7) is 23.5. The third-order valence-electron chi connectivity index (χ3n) is 9.74. The first-order chi connectivity index (χ1) is 26.5. The van der Waals surface area contributed by atoms with Gasteiger partial charge in [0.2, 0.25) is 10.0 Å². The van der Waals surface area contributed by atoms with Crippen LogP contribution in [0.15, 0.2) is 59.6 Å². The van der Waals surface area contributed by atoms with Crippen LogP contribution in [0.1, 0.15) is 98.8 Å². The number of nitrogens with zero attached hydrogens (tertiary/aromatic N) is 2. The number of anilines is 3. The molecule has 13 heteroatoms. The SMILES string of the molecule is CCC(Oc1ccc(C(C)(C)CC)cc1CC(C)(C)C)C(=O)Nc1ccc(Cl)c(NC(=O)C(=Nc2ccc(N(CC)CCNS(C)(=O)=O)cc2C)C(=O)C(C)C)c1. The highest BCUT2D eigenvalue weighted by Gasteiger charge is 2.27. The van der Waals surface area contributed by atoms with Gasteiger partial charge in [-0.1, -0.05) is 86.0 Å². The van der Waals surface area contributed by atoms with E-state index in [9.17, 15) is 22.8 Å². The molecule has 0 aromatic heterocycles. The molecule has 0 bridgehead atoms. The molecule has 0 radical (unpaired) electrons. The minimum absolute atomic E-state index is 0.00610. The smallest absolute Gasteiger partial charge is 0.278 e. The molecule has 0 fully saturated rings. The third-order valence-corrected chi connectivity index (χ3v) is 10.8. The molecule has 0 aliphatic heterocycles. The highest BCUT2D eigenvalue weighted by Crippen LogP contribution is 2.35. The molecular weight excluding hydrogens is 762 g/mol. The lowest BCUT2D eigenvalue weighted by molar-refractivity contribution is -0.123. The van der Waals surface area contributed by atoms with Crippen LogP contribution in [-0.4, -0.2) is 63.7 Å². The van der Waals surface area contributed by atoms with Gasteiger partial charge in [-0.25, -0.2) is 18.1 Å². The van der Waals surface area contributed by atoms with E-state index in [1.165, 1.54) is 11.6 Å². The third kappa shape index (κ3) is 14.0. The van der Waals surface area contributed by atoms with Gasteiger partial charge in [0.25, 0.3) is 11.8 Å². The second-order valence-corrected chi connectivity index (χ2v) is 18.9. The highest BCUT2D eigenvalue weighted by atomic mass is 35.5. The Morgan fingerprint density at radius 3 is 2.18 bits per heavy atom. The van der Waals surface area contributed by atoms with Crippen molar-refractivity contribution in [3.05, 3.63) is 76.3 Å². The Balaban J connectivity index is 1.86. The van der Waals surface area contributed by atoms with Crippen LogP contribution in [0.2, 0.25) is 5.02 Å². The van der Waals surface area contributed by atoms with E-state index in [1.807, 2.05) is 43.9 Å². The van der Waals surface area contributed by atoms with Crippen LogP contribution < -0.4 is 25.0 Å². The molecule has 312 valence electrons. The highest BCUT2D eigenvalue weighted by molar-refractivity contribution is 7.88. The summed E-state index contributed by atoms with van der Waals surface area (Å²) < 4.78 is 32.0. The molecule has 0 spiro atoms. The zero-order valence-electron chi connectivity index (χ0n) is 35.7. The second kappa shape index (κ2) is 19.9. The molecule has 0 saturated carbocycles. The molecular formula is C44H62ClN5O6S. The number of aryl methyl sites for hydroxylation is 1. The number of nitrogens with one attached hydrogen (secondary N) is 3. The van der Waals surface area contributed by atoms with Gasteiger partial charge < -0.3 is 20.3 Å². The van der Waals surface area contributed by atoms with Gasteiger partial charge in [0.05, 0.1) is 22.7 Å². The number of benzene rings is 3. The standard InChI is InChI=1S/C44H62ClN5O6S/c1-13-37(56-38-21-16-31(44(10,11)14-2)25-30(38)27-43(7,8)9)41(52)47-32-17-19-34(45)36(26-32)49-42(53)39(40(51)28(4)5)48-35-20-18-33(24-29(35)6)50(15-3)23-22-46-57(12,54)55/h16-21,24-26,28,37,46H,13-15,22-23,27H2,1-12H3,(H,47,52)(H,49,53). The summed E-state index contributed by atoms with van der Waals surface area (Å²) in [5.41, 5.74) is 4.50. The summed E-state index contributed by atoms with van der Waals surface area (Å²) in [5, 5.41) is 5.86. The summed E-state index contributed by atoms with van der Waals surface area (Å²) >= 11 is 6.53. The number of hydrogen-bond donors (Lipinski definition) is 3. The van der Waals surface area contributed by atoms with E-state index in [0.717, 1.165) is 30.3 Å². The Morgan fingerprint density at radius 2 is 1.61 bits per heavy atom. The fraction of sp³-hybridized carbons (Fsp3) is 0.500. The molecule has 0 saturated heterocycles. The Hall–Kier alpha value is -4.26. The van der Waals surface area contributed by atoms with E-state index in [-0.39, 0.29) is 39.7 Å². The molecule has 0 heterocycles. The number of ketones is 1. The van der Waals surface area contributed by atoms with Crippen molar-refractivity contribution in [2.24, 2.45) is 16.3 Å². The van der Waals surface area contributed by atoms with Gasteiger partial charge in [-0.15, -0.1) is 0 Å². The number of aliphatic imine (C=N–C) groups is 1. The van der Waals surface area contributed by atoms with E-state index >= 15 is 0 Å². The lowest BCUT2D eigenvalue weighted by atomic mass is 9.79. The molecule has 11 nitrogen and oxygen atoms in total. The number of rotatable bonds is 19. The van der Waals surface area contributed by atoms with Crippen molar-refractivity contribution in [2.75, 3.05) is 41.4 Å². The number of amides is 2. The van der Waals surface area contributed by atoms with E-state index in [4.69, 9.17) is 16.3 Å². The van der Waals surface area contributed by atoms with Crippen LogP contribution in [0.25, 0.3) is 0 Å². The van der Waals surface area contributed by atoms with Crippen LogP contribution in [0.3, 0.4) is 0 Å². The predicted molar refractivity (Wildman–Crippen MR) is 235 cm³/mol. The summed E-state index contributed by atoms with van der Waals surface area (Å²) in [6, 6.07) is 16.4. The van der Waals surface area contributed by atoms with E-state index in [2.05, 4.69) is 74.0 Å². The van der Waals surface area contributed by atoms with Crippen molar-refractivity contribution in [2.45, 2.75) is 107 Å². The number of ether oxygens (including phenoxy) is 1. The van der Waals surface area contributed by atoms with Crippen molar-refractivity contribution in [3.8, 4) is 5.75 Å². The number of carbonyl (C=O) groups is 3. The van der Waals surface area contributed by atoms with Crippen LogP contribution in [-0.2, 0) is 36.2 Å². The zero-order chi connectivity index (χ0) is 42.9. The fourth-order valence-corrected chi connectivity index (χ4v) is 6.64. The topological polar surface area (TPSA) is 146 Å². The van der Waals surface area contributed by atoms with Gasteiger partial charge in [0, 0.05) is 36.9 Å². The number of halogens is 1. The van der Waals surface area contributed by atoms with Crippen molar-refractivity contribution in [3.63, 3.8) is 0 Å². The van der Waals surface area contributed by atoms with Crippen LogP contribution in [0, 0.1) is 18.3 Å². The van der Waals surface area contributed by atoms with Gasteiger partial charge in [-0.05, 0) is 103 Å². The molecule has 3 aromatic rings. The first kappa shape index (κ1) is 47.1.